The first kappa shape index (κ1) is 24.1. The zero-order valence-electron chi connectivity index (χ0n) is 17.2. The molecule has 27 heavy (non-hydrogen) atoms. The predicted molar refractivity (Wildman–Crippen MR) is 121 cm³/mol. The smallest absolute Gasteiger partial charge is 0.191 e. The summed E-state index contributed by atoms with van der Waals surface area (Å²) in [5.41, 5.74) is 0. The average Bonchev–Trinajstić information content (AvgIpc) is 2.98. The zero-order valence-corrected chi connectivity index (χ0v) is 19.5. The van der Waals surface area contributed by atoms with Crippen molar-refractivity contribution in [1.82, 2.24) is 25.4 Å². The molecule has 7 nitrogen and oxygen atoms in total. The number of hydrogen-bond acceptors (Lipinski definition) is 4. The molecule has 1 aliphatic carbocycles. The van der Waals surface area contributed by atoms with Gasteiger partial charge in [-0.15, -0.1) is 34.2 Å². The second kappa shape index (κ2) is 14.1. The molecule has 1 heterocycles. The molecule has 0 amide bonds. The summed E-state index contributed by atoms with van der Waals surface area (Å²) in [7, 11) is 1.97. The van der Waals surface area contributed by atoms with Gasteiger partial charge in [0.15, 0.2) is 11.8 Å². The van der Waals surface area contributed by atoms with Gasteiger partial charge in [0.25, 0.3) is 0 Å². The Kier molecular flexibility index (Phi) is 12.6. The maximum absolute atomic E-state index is 5.99. The van der Waals surface area contributed by atoms with Gasteiger partial charge in [-0.1, -0.05) is 32.6 Å². The van der Waals surface area contributed by atoms with E-state index in [9.17, 15) is 0 Å². The number of halogens is 1. The molecular weight excluding hydrogens is 455 g/mol. The van der Waals surface area contributed by atoms with E-state index in [4.69, 9.17) is 4.74 Å². The number of ether oxygens (including phenoxy) is 1. The van der Waals surface area contributed by atoms with Gasteiger partial charge in [-0.2, -0.15) is 0 Å². The van der Waals surface area contributed by atoms with Crippen molar-refractivity contribution in [2.75, 3.05) is 19.7 Å². The normalized spacial score (nSPS) is 15.4. The summed E-state index contributed by atoms with van der Waals surface area (Å²) >= 11 is 0. The molecule has 1 aromatic rings. The first-order valence-corrected chi connectivity index (χ1v) is 10.2. The molecule has 1 saturated carbocycles. The Morgan fingerprint density at radius 2 is 1.85 bits per heavy atom. The average molecular weight is 492 g/mol. The number of aryl methyl sites for hydroxylation is 1. The largest absolute Gasteiger partial charge is 0.378 e. The number of nitrogens with zero attached hydrogens (tertiary/aromatic N) is 4. The summed E-state index contributed by atoms with van der Waals surface area (Å²) in [5.74, 6) is 2.63. The van der Waals surface area contributed by atoms with Crippen LogP contribution in [-0.4, -0.2) is 46.5 Å². The SMILES string of the molecule is CCCCNC(=NCc1nnc(C)n1C)NCCCOC1CCCCC1.I. The fraction of sp³-hybridized carbons (Fsp3) is 0.842. The number of aromatic nitrogens is 3. The van der Waals surface area contributed by atoms with Crippen molar-refractivity contribution in [2.24, 2.45) is 12.0 Å². The van der Waals surface area contributed by atoms with Crippen molar-refractivity contribution < 1.29 is 4.74 Å². The first-order valence-electron chi connectivity index (χ1n) is 10.2. The summed E-state index contributed by atoms with van der Waals surface area (Å²) in [5, 5.41) is 15.1. The third-order valence-electron chi connectivity index (χ3n) is 4.90. The molecule has 8 heteroatoms. The lowest BCUT2D eigenvalue weighted by atomic mass is 9.98. The highest BCUT2D eigenvalue weighted by Gasteiger charge is 2.13. The maximum atomic E-state index is 5.99. The second-order valence-corrected chi connectivity index (χ2v) is 7.08. The van der Waals surface area contributed by atoms with Crippen molar-refractivity contribution in [2.45, 2.75) is 77.9 Å². The molecule has 0 saturated heterocycles. The summed E-state index contributed by atoms with van der Waals surface area (Å²) in [4.78, 5) is 4.66. The molecule has 0 bridgehead atoms. The predicted octanol–water partition coefficient (Wildman–Crippen LogP) is 3.32. The minimum Gasteiger partial charge on any atom is -0.378 e. The van der Waals surface area contributed by atoms with Crippen LogP contribution in [0.4, 0.5) is 0 Å². The topological polar surface area (TPSA) is 76.4 Å². The van der Waals surface area contributed by atoms with Crippen LogP contribution in [0.2, 0.25) is 0 Å². The van der Waals surface area contributed by atoms with Crippen LogP contribution >= 0.6 is 24.0 Å². The van der Waals surface area contributed by atoms with E-state index >= 15 is 0 Å². The Balaban J connectivity index is 0.00000364. The van der Waals surface area contributed by atoms with Gasteiger partial charge in [0.05, 0.1) is 6.10 Å². The van der Waals surface area contributed by atoms with Crippen molar-refractivity contribution in [3.63, 3.8) is 0 Å². The van der Waals surface area contributed by atoms with Gasteiger partial charge in [0.1, 0.15) is 12.4 Å². The number of guanidine groups is 1. The minimum atomic E-state index is 0. The highest BCUT2D eigenvalue weighted by Crippen LogP contribution is 2.20. The number of nitrogens with one attached hydrogen (secondary N) is 2. The third-order valence-corrected chi connectivity index (χ3v) is 4.90. The quantitative estimate of drug-likeness (QED) is 0.227. The molecule has 0 spiro atoms. The van der Waals surface area contributed by atoms with Gasteiger partial charge < -0.3 is 19.9 Å². The van der Waals surface area contributed by atoms with E-state index in [2.05, 4.69) is 32.7 Å². The molecule has 156 valence electrons. The van der Waals surface area contributed by atoms with Crippen LogP contribution in [0.1, 0.15) is 69.9 Å². The van der Waals surface area contributed by atoms with E-state index in [1.807, 2.05) is 18.5 Å². The Hall–Kier alpha value is -0.900. The zero-order chi connectivity index (χ0) is 18.6. The van der Waals surface area contributed by atoms with Crippen molar-refractivity contribution in [3.8, 4) is 0 Å². The van der Waals surface area contributed by atoms with Crippen LogP contribution in [-0.2, 0) is 18.3 Å². The maximum Gasteiger partial charge on any atom is 0.191 e. The Labute approximate surface area is 181 Å². The van der Waals surface area contributed by atoms with Crippen molar-refractivity contribution in [3.05, 3.63) is 11.6 Å². The number of hydrogen-bond donors (Lipinski definition) is 2. The monoisotopic (exact) mass is 492 g/mol. The molecule has 0 aliphatic heterocycles. The minimum absolute atomic E-state index is 0. The molecule has 0 aromatic carbocycles. The van der Waals surface area contributed by atoms with E-state index in [1.54, 1.807) is 0 Å². The molecule has 1 fully saturated rings. The molecule has 0 unspecified atom stereocenters. The first-order chi connectivity index (χ1) is 12.7. The highest BCUT2D eigenvalue weighted by atomic mass is 127. The van der Waals surface area contributed by atoms with Crippen LogP contribution in [0, 0.1) is 6.92 Å². The van der Waals surface area contributed by atoms with Gasteiger partial charge in [-0.3, -0.25) is 0 Å². The lowest BCUT2D eigenvalue weighted by Gasteiger charge is -2.22. The van der Waals surface area contributed by atoms with Crippen LogP contribution in [0.3, 0.4) is 0 Å². The Morgan fingerprint density at radius 1 is 1.15 bits per heavy atom. The fourth-order valence-corrected chi connectivity index (χ4v) is 3.06. The molecule has 2 N–H and O–H groups in total. The Morgan fingerprint density at radius 3 is 2.48 bits per heavy atom. The summed E-state index contributed by atoms with van der Waals surface area (Å²) in [6.45, 7) is 7.28. The Bertz CT molecular complexity index is 542. The van der Waals surface area contributed by atoms with Crippen LogP contribution in [0.15, 0.2) is 4.99 Å². The van der Waals surface area contributed by atoms with E-state index in [-0.39, 0.29) is 24.0 Å². The molecule has 1 aromatic heterocycles. The van der Waals surface area contributed by atoms with Crippen LogP contribution in [0.5, 0.6) is 0 Å². The third kappa shape index (κ3) is 9.23. The number of aliphatic imine (C=N–C) groups is 1. The van der Waals surface area contributed by atoms with E-state index in [1.165, 1.54) is 32.1 Å². The van der Waals surface area contributed by atoms with Crippen molar-refractivity contribution >= 4 is 29.9 Å². The van der Waals surface area contributed by atoms with E-state index in [0.717, 1.165) is 56.6 Å². The van der Waals surface area contributed by atoms with Gasteiger partial charge in [-0.05, 0) is 32.6 Å². The van der Waals surface area contributed by atoms with Crippen LogP contribution < -0.4 is 10.6 Å². The van der Waals surface area contributed by atoms with Gasteiger partial charge in [0, 0.05) is 26.7 Å². The fourth-order valence-electron chi connectivity index (χ4n) is 3.06. The molecule has 2 rings (SSSR count). The van der Waals surface area contributed by atoms with Crippen LogP contribution in [0.25, 0.3) is 0 Å². The standard InChI is InChI=1S/C19H36N6O.HI/c1-4-5-12-20-19(22-15-18-24-23-16(2)25(18)3)21-13-9-14-26-17-10-7-6-8-11-17;/h17H,4-15H2,1-3H3,(H2,20,21,22);1H. The summed E-state index contributed by atoms with van der Waals surface area (Å²) in [6.07, 6.45) is 10.3. The van der Waals surface area contributed by atoms with E-state index in [0.29, 0.717) is 12.6 Å². The summed E-state index contributed by atoms with van der Waals surface area (Å²) in [6, 6.07) is 0. The van der Waals surface area contributed by atoms with Gasteiger partial charge in [0.2, 0.25) is 0 Å². The number of rotatable bonds is 10. The van der Waals surface area contributed by atoms with Gasteiger partial charge in [-0.25, -0.2) is 4.99 Å². The van der Waals surface area contributed by atoms with Crippen molar-refractivity contribution in [1.29, 1.82) is 0 Å². The van der Waals surface area contributed by atoms with E-state index < -0.39 is 0 Å². The molecular formula is C19H37IN6O. The molecule has 1 aliphatic rings. The highest BCUT2D eigenvalue weighted by molar-refractivity contribution is 14.0. The van der Waals surface area contributed by atoms with Gasteiger partial charge >= 0.3 is 0 Å². The summed E-state index contributed by atoms with van der Waals surface area (Å²) < 4.78 is 7.97. The number of unbranched alkanes of at least 4 members (excludes halogenated alkanes) is 1. The lowest BCUT2D eigenvalue weighted by Crippen LogP contribution is -2.38. The molecule has 0 radical (unpaired) electrons. The lowest BCUT2D eigenvalue weighted by molar-refractivity contribution is 0.0277. The second-order valence-electron chi connectivity index (χ2n) is 7.08. The molecule has 0 atom stereocenters.